The molecule has 0 atom stereocenters. The maximum Gasteiger partial charge on any atom is 0.402 e. The van der Waals surface area contributed by atoms with E-state index in [1.807, 2.05) is 12.1 Å². The summed E-state index contributed by atoms with van der Waals surface area (Å²) in [5.74, 6) is 1.24. The quantitative estimate of drug-likeness (QED) is 0.528. The van der Waals surface area contributed by atoms with Crippen molar-refractivity contribution < 1.29 is 23.8 Å². The molecular weight excluding hydrogens is 332 g/mol. The molecule has 0 aliphatic heterocycles. The van der Waals surface area contributed by atoms with Gasteiger partial charge < -0.3 is 14.6 Å². The zero-order valence-electron chi connectivity index (χ0n) is 14.8. The van der Waals surface area contributed by atoms with Gasteiger partial charge in [0.2, 0.25) is 5.75 Å². The number of hydrogen-bond acceptors (Lipinski definition) is 4. The molecule has 5 nitrogen and oxygen atoms in total. The summed E-state index contributed by atoms with van der Waals surface area (Å²) in [5, 5.41) is 11.0. The van der Waals surface area contributed by atoms with Crippen LogP contribution in [0.3, 0.4) is 0 Å². The molecule has 1 N–H and O–H groups in total. The predicted octanol–water partition coefficient (Wildman–Crippen LogP) is 4.81. The molecule has 2 aromatic carbocycles. The van der Waals surface area contributed by atoms with Crippen LogP contribution in [0, 0.1) is 0 Å². The molecular formula is C21H19O5+. The molecule has 0 radical (unpaired) electrons. The number of ether oxygens (including phenoxy) is 2. The fraction of sp³-hybridized carbons (Fsp3) is 0.143. The molecule has 0 saturated heterocycles. The average molecular weight is 351 g/mol. The fourth-order valence-corrected chi connectivity index (χ4v) is 2.71. The number of fused-ring (bicyclic) bond motifs is 1. The van der Waals surface area contributed by atoms with Crippen molar-refractivity contribution >= 4 is 28.9 Å². The second-order valence-electron chi connectivity index (χ2n) is 5.69. The lowest BCUT2D eigenvalue weighted by atomic mass is 10.1. The molecule has 132 valence electrons. The number of rotatable bonds is 5. The van der Waals surface area contributed by atoms with Gasteiger partial charge in [-0.1, -0.05) is 18.2 Å². The molecule has 3 aromatic rings. The Balaban J connectivity index is 2.14. The number of Topliss-reactive ketones (excluding diaryl/α,β-unsaturated/α-hetero) is 1. The van der Waals surface area contributed by atoms with Gasteiger partial charge in [0, 0.05) is 11.6 Å². The number of phenolic OH excluding ortho intramolecular Hbond substituents is 1. The molecule has 0 aliphatic rings. The van der Waals surface area contributed by atoms with Crippen LogP contribution < -0.4 is 9.47 Å². The van der Waals surface area contributed by atoms with Crippen LogP contribution in [0.4, 0.5) is 0 Å². The van der Waals surface area contributed by atoms with Crippen molar-refractivity contribution in [3.8, 4) is 17.2 Å². The maximum atomic E-state index is 12.0. The smallest absolute Gasteiger partial charge is 0.402 e. The maximum absolute atomic E-state index is 12.0. The third-order valence-corrected chi connectivity index (χ3v) is 4.05. The number of phenols is 1. The van der Waals surface area contributed by atoms with Crippen molar-refractivity contribution in [1.29, 1.82) is 0 Å². The summed E-state index contributed by atoms with van der Waals surface area (Å²) in [5.41, 5.74) is 1.55. The van der Waals surface area contributed by atoms with Gasteiger partial charge in [-0.15, -0.1) is 0 Å². The Bertz CT molecular complexity index is 1000. The minimum atomic E-state index is -0.118. The zero-order chi connectivity index (χ0) is 18.7. The highest BCUT2D eigenvalue weighted by Crippen LogP contribution is 2.32. The van der Waals surface area contributed by atoms with E-state index in [4.69, 9.17) is 13.9 Å². The van der Waals surface area contributed by atoms with E-state index >= 15 is 0 Å². The summed E-state index contributed by atoms with van der Waals surface area (Å²) < 4.78 is 16.4. The Labute approximate surface area is 151 Å². The Morgan fingerprint density at radius 3 is 2.42 bits per heavy atom. The molecule has 0 unspecified atom stereocenters. The Morgan fingerprint density at radius 2 is 1.73 bits per heavy atom. The number of aromatic hydroxyl groups is 1. The summed E-state index contributed by atoms with van der Waals surface area (Å²) in [6, 6.07) is 12.4. The topological polar surface area (TPSA) is 67.1 Å². The van der Waals surface area contributed by atoms with Gasteiger partial charge in [0.05, 0.1) is 19.6 Å². The van der Waals surface area contributed by atoms with Crippen molar-refractivity contribution in [1.82, 2.24) is 0 Å². The standard InChI is InChI=1S/C21H18O5/c1-13(22)16-12-15-7-5-9-19(25-3)21(15)26-17(16)11-10-14-6-4-8-18(24-2)20(14)23/h4-12H,1-3H3/p+1. The van der Waals surface area contributed by atoms with E-state index in [0.29, 0.717) is 34.0 Å². The monoisotopic (exact) mass is 351 g/mol. The van der Waals surface area contributed by atoms with E-state index < -0.39 is 0 Å². The van der Waals surface area contributed by atoms with Crippen LogP contribution in [0.1, 0.15) is 28.6 Å². The molecule has 3 rings (SSSR count). The third kappa shape index (κ3) is 3.24. The van der Waals surface area contributed by atoms with Crippen molar-refractivity contribution in [3.05, 3.63) is 59.4 Å². The number of para-hydroxylation sites is 2. The minimum Gasteiger partial charge on any atom is -0.504 e. The fourth-order valence-electron chi connectivity index (χ4n) is 2.71. The molecule has 0 amide bonds. The van der Waals surface area contributed by atoms with Gasteiger partial charge in [0.25, 0.3) is 0 Å². The van der Waals surface area contributed by atoms with Crippen LogP contribution in [-0.4, -0.2) is 25.1 Å². The Hall–Kier alpha value is -3.34. The molecule has 1 heterocycles. The molecule has 0 spiro atoms. The van der Waals surface area contributed by atoms with Crippen LogP contribution in [-0.2, 0) is 0 Å². The number of carbonyl (C=O) groups is 1. The Kier molecular flexibility index (Phi) is 4.89. The van der Waals surface area contributed by atoms with Gasteiger partial charge >= 0.3 is 11.3 Å². The highest BCUT2D eigenvalue weighted by molar-refractivity contribution is 6.01. The van der Waals surface area contributed by atoms with Gasteiger partial charge in [-0.2, -0.15) is 0 Å². The van der Waals surface area contributed by atoms with E-state index in [9.17, 15) is 9.90 Å². The SMILES string of the molecule is COc1cccc(/C=C/c2[o+]c3c(OC)cccc3cc2C(C)=O)c1O. The van der Waals surface area contributed by atoms with Gasteiger partial charge in [0.1, 0.15) is 5.56 Å². The van der Waals surface area contributed by atoms with Gasteiger partial charge in [-0.3, -0.25) is 4.79 Å². The molecule has 0 fully saturated rings. The lowest BCUT2D eigenvalue weighted by molar-refractivity contribution is 0.101. The molecule has 26 heavy (non-hydrogen) atoms. The lowest BCUT2D eigenvalue weighted by Gasteiger charge is -2.04. The Morgan fingerprint density at radius 1 is 1.04 bits per heavy atom. The molecule has 0 saturated carbocycles. The van der Waals surface area contributed by atoms with Crippen molar-refractivity contribution in [2.75, 3.05) is 14.2 Å². The highest BCUT2D eigenvalue weighted by Gasteiger charge is 2.23. The van der Waals surface area contributed by atoms with E-state index in [1.165, 1.54) is 14.0 Å². The van der Waals surface area contributed by atoms with Gasteiger partial charge in [-0.05, 0) is 37.3 Å². The van der Waals surface area contributed by atoms with Crippen LogP contribution in [0.15, 0.2) is 46.9 Å². The molecule has 0 aliphatic carbocycles. The first kappa shape index (κ1) is 17.5. The highest BCUT2D eigenvalue weighted by atomic mass is 16.5. The summed E-state index contributed by atoms with van der Waals surface area (Å²) >= 11 is 0. The van der Waals surface area contributed by atoms with Crippen molar-refractivity contribution in [2.45, 2.75) is 6.92 Å². The zero-order valence-corrected chi connectivity index (χ0v) is 14.8. The average Bonchev–Trinajstić information content (AvgIpc) is 2.65. The lowest BCUT2D eigenvalue weighted by Crippen LogP contribution is -1.97. The summed E-state index contributed by atoms with van der Waals surface area (Å²) in [6.07, 6.45) is 3.32. The summed E-state index contributed by atoms with van der Waals surface area (Å²) in [4.78, 5) is 12.0. The number of benzene rings is 2. The second kappa shape index (κ2) is 7.27. The van der Waals surface area contributed by atoms with Crippen LogP contribution in [0.25, 0.3) is 23.1 Å². The van der Waals surface area contributed by atoms with Crippen molar-refractivity contribution in [3.63, 3.8) is 0 Å². The van der Waals surface area contributed by atoms with E-state index in [0.717, 1.165) is 5.39 Å². The number of methoxy groups -OCH3 is 2. The van der Waals surface area contributed by atoms with E-state index in [-0.39, 0.29) is 11.5 Å². The number of hydrogen-bond donors (Lipinski definition) is 1. The van der Waals surface area contributed by atoms with Gasteiger partial charge in [-0.25, -0.2) is 4.42 Å². The second-order valence-corrected chi connectivity index (χ2v) is 5.69. The van der Waals surface area contributed by atoms with Crippen molar-refractivity contribution in [2.24, 2.45) is 0 Å². The van der Waals surface area contributed by atoms with E-state index in [1.54, 1.807) is 49.6 Å². The summed E-state index contributed by atoms with van der Waals surface area (Å²) in [6.45, 7) is 1.48. The number of carbonyl (C=O) groups excluding carboxylic acids is 1. The van der Waals surface area contributed by atoms with Crippen LogP contribution in [0.5, 0.6) is 17.2 Å². The first-order valence-corrected chi connectivity index (χ1v) is 8.04. The summed E-state index contributed by atoms with van der Waals surface area (Å²) in [7, 11) is 3.05. The van der Waals surface area contributed by atoms with Gasteiger partial charge in [0.15, 0.2) is 17.3 Å². The third-order valence-electron chi connectivity index (χ3n) is 4.05. The molecule has 1 aromatic heterocycles. The largest absolute Gasteiger partial charge is 0.504 e. The number of ketones is 1. The minimum absolute atomic E-state index is 0.0222. The van der Waals surface area contributed by atoms with Crippen LogP contribution in [0.2, 0.25) is 0 Å². The first-order valence-electron chi connectivity index (χ1n) is 8.04. The molecule has 0 bridgehead atoms. The predicted molar refractivity (Wildman–Crippen MR) is 101 cm³/mol. The van der Waals surface area contributed by atoms with E-state index in [2.05, 4.69) is 0 Å². The normalized spacial score (nSPS) is 11.0. The van der Waals surface area contributed by atoms with Crippen LogP contribution >= 0.6 is 0 Å². The molecule has 5 heteroatoms. The first-order chi connectivity index (χ1) is 12.5.